The first kappa shape index (κ1) is 15.4. The lowest BCUT2D eigenvalue weighted by molar-refractivity contribution is 0.0950. The molecule has 2 rings (SSSR count). The molecule has 1 N–H and O–H groups in total. The van der Waals surface area contributed by atoms with E-state index in [2.05, 4.69) is 15.5 Å². The van der Waals surface area contributed by atoms with E-state index in [1.807, 2.05) is 61.6 Å². The molecule has 0 atom stereocenters. The van der Waals surface area contributed by atoms with Crippen molar-refractivity contribution in [2.24, 2.45) is 5.10 Å². The molecule has 4 nitrogen and oxygen atoms in total. The van der Waals surface area contributed by atoms with Gasteiger partial charge in [0.15, 0.2) is 0 Å². The summed E-state index contributed by atoms with van der Waals surface area (Å²) in [6, 6.07) is 15.2. The second-order valence-corrected chi connectivity index (χ2v) is 4.54. The Morgan fingerprint density at radius 1 is 1.09 bits per heavy atom. The lowest BCUT2D eigenvalue weighted by Gasteiger charge is -1.98. The van der Waals surface area contributed by atoms with Gasteiger partial charge in [0.2, 0.25) is 0 Å². The van der Waals surface area contributed by atoms with Crippen LogP contribution in [0.1, 0.15) is 23.0 Å². The van der Waals surface area contributed by atoms with E-state index in [-0.39, 0.29) is 5.91 Å². The first-order chi connectivity index (χ1) is 10.8. The Hall–Kier alpha value is -3.01. The van der Waals surface area contributed by atoms with Crippen molar-refractivity contribution in [1.82, 2.24) is 10.4 Å². The van der Waals surface area contributed by atoms with Crippen LogP contribution >= 0.6 is 0 Å². The Bertz CT molecular complexity index is 689. The molecule has 0 aliphatic carbocycles. The van der Waals surface area contributed by atoms with Crippen LogP contribution in [0.4, 0.5) is 0 Å². The summed E-state index contributed by atoms with van der Waals surface area (Å²) in [7, 11) is 0. The molecule has 4 heteroatoms. The number of hydrogen-bond donors (Lipinski definition) is 1. The quantitative estimate of drug-likeness (QED) is 0.521. The molecule has 0 bridgehead atoms. The van der Waals surface area contributed by atoms with E-state index in [1.54, 1.807) is 24.4 Å². The van der Waals surface area contributed by atoms with Crippen LogP contribution in [-0.4, -0.2) is 16.6 Å². The van der Waals surface area contributed by atoms with Crippen molar-refractivity contribution in [2.75, 3.05) is 0 Å². The van der Waals surface area contributed by atoms with E-state index in [0.29, 0.717) is 11.4 Å². The number of amides is 1. The Morgan fingerprint density at radius 2 is 1.86 bits per heavy atom. The van der Waals surface area contributed by atoms with Crippen molar-refractivity contribution >= 4 is 17.7 Å². The fraction of sp³-hybridized carbons (Fsp3) is 0.0556. The zero-order valence-corrected chi connectivity index (χ0v) is 12.3. The third-order valence-electron chi connectivity index (χ3n) is 2.77. The predicted molar refractivity (Wildman–Crippen MR) is 89.4 cm³/mol. The number of allylic oxidation sites excluding steroid dienone is 3. The Balaban J connectivity index is 1.86. The van der Waals surface area contributed by atoms with Crippen LogP contribution in [-0.2, 0) is 0 Å². The summed E-state index contributed by atoms with van der Waals surface area (Å²) < 4.78 is 0. The zero-order chi connectivity index (χ0) is 15.6. The molecule has 0 unspecified atom stereocenters. The van der Waals surface area contributed by atoms with Gasteiger partial charge in [-0.15, -0.1) is 0 Å². The van der Waals surface area contributed by atoms with E-state index >= 15 is 0 Å². The maximum absolute atomic E-state index is 11.7. The lowest BCUT2D eigenvalue weighted by Crippen LogP contribution is -2.19. The Kier molecular flexibility index (Phi) is 5.81. The third-order valence-corrected chi connectivity index (χ3v) is 2.77. The van der Waals surface area contributed by atoms with Gasteiger partial charge in [-0.2, -0.15) is 5.10 Å². The Morgan fingerprint density at radius 3 is 2.59 bits per heavy atom. The number of aromatic nitrogens is 1. The minimum absolute atomic E-state index is 0.326. The van der Waals surface area contributed by atoms with Gasteiger partial charge in [0, 0.05) is 6.20 Å². The zero-order valence-electron chi connectivity index (χ0n) is 12.3. The normalized spacial score (nSPS) is 12.0. The molecule has 110 valence electrons. The number of rotatable bonds is 5. The number of benzene rings is 1. The van der Waals surface area contributed by atoms with Crippen LogP contribution in [0.5, 0.6) is 0 Å². The highest BCUT2D eigenvalue weighted by Crippen LogP contribution is 2.00. The SMILES string of the molecule is CC(/C=C/C=C/c1ccccc1)=N/NC(=O)c1ccccn1. The summed E-state index contributed by atoms with van der Waals surface area (Å²) in [6.45, 7) is 1.81. The fourth-order valence-corrected chi connectivity index (χ4v) is 1.66. The topological polar surface area (TPSA) is 54.4 Å². The van der Waals surface area contributed by atoms with Crippen molar-refractivity contribution in [3.05, 3.63) is 84.2 Å². The highest BCUT2D eigenvalue weighted by atomic mass is 16.2. The van der Waals surface area contributed by atoms with Crippen molar-refractivity contribution in [1.29, 1.82) is 0 Å². The van der Waals surface area contributed by atoms with Gasteiger partial charge in [-0.25, -0.2) is 5.43 Å². The lowest BCUT2D eigenvalue weighted by atomic mass is 10.2. The van der Waals surface area contributed by atoms with Crippen LogP contribution in [0.3, 0.4) is 0 Å². The molecule has 0 fully saturated rings. The minimum atomic E-state index is -0.326. The molecular weight excluding hydrogens is 274 g/mol. The van der Waals surface area contributed by atoms with E-state index in [1.165, 1.54) is 0 Å². The van der Waals surface area contributed by atoms with Crippen LogP contribution in [0.2, 0.25) is 0 Å². The maximum atomic E-state index is 11.7. The highest BCUT2D eigenvalue weighted by molar-refractivity contribution is 5.96. The molecule has 1 amide bonds. The van der Waals surface area contributed by atoms with Crippen LogP contribution in [0.15, 0.2) is 78.1 Å². The summed E-state index contributed by atoms with van der Waals surface area (Å²) in [5.74, 6) is -0.326. The molecule has 0 aliphatic heterocycles. The van der Waals surface area contributed by atoms with Gasteiger partial charge in [-0.1, -0.05) is 54.6 Å². The van der Waals surface area contributed by atoms with Crippen molar-refractivity contribution in [2.45, 2.75) is 6.92 Å². The average Bonchev–Trinajstić information content (AvgIpc) is 2.58. The number of nitrogens with one attached hydrogen (secondary N) is 1. The summed E-state index contributed by atoms with van der Waals surface area (Å²) >= 11 is 0. The molecule has 0 aliphatic rings. The molecule has 0 saturated carbocycles. The first-order valence-electron chi connectivity index (χ1n) is 6.91. The Labute approximate surface area is 129 Å². The number of carbonyl (C=O) groups is 1. The molecule has 2 aromatic rings. The van der Waals surface area contributed by atoms with E-state index < -0.39 is 0 Å². The van der Waals surface area contributed by atoms with Gasteiger partial charge in [-0.3, -0.25) is 9.78 Å². The number of pyridine rings is 1. The molecule has 0 saturated heterocycles. The molecular formula is C18H17N3O. The van der Waals surface area contributed by atoms with Gasteiger partial charge in [0.05, 0.1) is 5.71 Å². The summed E-state index contributed by atoms with van der Waals surface area (Å²) in [5.41, 5.74) is 4.63. The summed E-state index contributed by atoms with van der Waals surface area (Å²) in [4.78, 5) is 15.7. The van der Waals surface area contributed by atoms with Crippen LogP contribution in [0, 0.1) is 0 Å². The minimum Gasteiger partial charge on any atom is -0.266 e. The van der Waals surface area contributed by atoms with E-state index in [4.69, 9.17) is 0 Å². The molecule has 0 spiro atoms. The molecule has 1 aromatic heterocycles. The average molecular weight is 291 g/mol. The molecule has 1 aromatic carbocycles. The van der Waals surface area contributed by atoms with Crippen molar-refractivity contribution < 1.29 is 4.79 Å². The fourth-order valence-electron chi connectivity index (χ4n) is 1.66. The monoisotopic (exact) mass is 291 g/mol. The first-order valence-corrected chi connectivity index (χ1v) is 6.91. The number of nitrogens with zero attached hydrogens (tertiary/aromatic N) is 2. The van der Waals surface area contributed by atoms with Gasteiger partial charge in [0.1, 0.15) is 5.69 Å². The van der Waals surface area contributed by atoms with Gasteiger partial charge >= 0.3 is 0 Å². The molecule has 22 heavy (non-hydrogen) atoms. The second kappa shape index (κ2) is 8.32. The number of hydrazone groups is 1. The van der Waals surface area contributed by atoms with Gasteiger partial charge in [0.25, 0.3) is 5.91 Å². The summed E-state index contributed by atoms with van der Waals surface area (Å²) in [5, 5.41) is 4.00. The van der Waals surface area contributed by atoms with Crippen LogP contribution < -0.4 is 5.43 Å². The number of hydrogen-bond acceptors (Lipinski definition) is 3. The highest BCUT2D eigenvalue weighted by Gasteiger charge is 2.03. The van der Waals surface area contributed by atoms with Gasteiger partial charge < -0.3 is 0 Å². The van der Waals surface area contributed by atoms with E-state index in [9.17, 15) is 4.79 Å². The molecule has 0 radical (unpaired) electrons. The van der Waals surface area contributed by atoms with Crippen molar-refractivity contribution in [3.8, 4) is 0 Å². The van der Waals surface area contributed by atoms with E-state index in [0.717, 1.165) is 5.56 Å². The number of carbonyl (C=O) groups excluding carboxylic acids is 1. The third kappa shape index (κ3) is 5.17. The largest absolute Gasteiger partial charge is 0.289 e. The smallest absolute Gasteiger partial charge is 0.266 e. The van der Waals surface area contributed by atoms with Crippen LogP contribution in [0.25, 0.3) is 6.08 Å². The summed E-state index contributed by atoms with van der Waals surface area (Å²) in [6.07, 6.45) is 9.18. The predicted octanol–water partition coefficient (Wildman–Crippen LogP) is 3.46. The maximum Gasteiger partial charge on any atom is 0.289 e. The standard InChI is InChI=1S/C18H17N3O/c1-15(9-5-6-12-16-10-3-2-4-11-16)20-21-18(22)17-13-7-8-14-19-17/h2-14H,1H3,(H,21,22)/b9-5+,12-6+,20-15-. The van der Waals surface area contributed by atoms with Gasteiger partial charge in [-0.05, 0) is 30.7 Å². The second-order valence-electron chi connectivity index (χ2n) is 4.54. The molecule has 1 heterocycles. The van der Waals surface area contributed by atoms with Crippen molar-refractivity contribution in [3.63, 3.8) is 0 Å².